The van der Waals surface area contributed by atoms with Crippen molar-refractivity contribution < 1.29 is 4.79 Å². The van der Waals surface area contributed by atoms with Crippen molar-refractivity contribution in [2.75, 3.05) is 20.1 Å². The number of amides is 1. The first-order valence-corrected chi connectivity index (χ1v) is 8.18. The van der Waals surface area contributed by atoms with Crippen molar-refractivity contribution in [2.24, 2.45) is 0 Å². The molecule has 0 saturated carbocycles. The average molecular weight is 336 g/mol. The molecule has 23 heavy (non-hydrogen) atoms. The van der Waals surface area contributed by atoms with Gasteiger partial charge >= 0.3 is 0 Å². The molecular formula is C16H22ClN5O. The van der Waals surface area contributed by atoms with Crippen LogP contribution in [0.15, 0.2) is 24.3 Å². The summed E-state index contributed by atoms with van der Waals surface area (Å²) in [5, 5.41) is 10.8. The maximum absolute atomic E-state index is 12.2. The highest BCUT2D eigenvalue weighted by Gasteiger charge is 2.17. The first-order chi connectivity index (χ1) is 11.2. The monoisotopic (exact) mass is 335 g/mol. The van der Waals surface area contributed by atoms with Gasteiger partial charge in [0, 0.05) is 13.0 Å². The maximum Gasteiger partial charge on any atom is 0.290 e. The molecule has 0 radical (unpaired) electrons. The number of carbonyl (C=O) groups is 1. The molecule has 0 aliphatic heterocycles. The molecule has 124 valence electrons. The Morgan fingerprint density at radius 2 is 2.09 bits per heavy atom. The molecule has 2 N–H and O–H groups in total. The molecule has 1 aromatic heterocycles. The lowest BCUT2D eigenvalue weighted by atomic mass is 10.3. The highest BCUT2D eigenvalue weighted by molar-refractivity contribution is 6.32. The predicted octanol–water partition coefficient (Wildman–Crippen LogP) is 2.21. The summed E-state index contributed by atoms with van der Waals surface area (Å²) >= 11 is 6.24. The minimum absolute atomic E-state index is 0.179. The summed E-state index contributed by atoms with van der Waals surface area (Å²) < 4.78 is 1.66. The second-order valence-electron chi connectivity index (χ2n) is 5.18. The summed E-state index contributed by atoms with van der Waals surface area (Å²) in [7, 11) is 1.88. The van der Waals surface area contributed by atoms with E-state index in [0.717, 1.165) is 37.3 Å². The average Bonchev–Trinajstić information content (AvgIpc) is 2.96. The van der Waals surface area contributed by atoms with Crippen LogP contribution in [0, 0.1) is 0 Å². The number of hydrogen-bond acceptors (Lipinski definition) is 4. The standard InChI is InChI=1S/C16H22ClN5O/c1-3-7-14-20-15(16(23)19-11-6-10-18-2)21-22(14)13-9-5-4-8-12(13)17/h4-5,8-9,18H,3,6-7,10-11H2,1-2H3,(H,19,23). The van der Waals surface area contributed by atoms with Crippen LogP contribution in [0.2, 0.25) is 5.02 Å². The summed E-state index contributed by atoms with van der Waals surface area (Å²) in [4.78, 5) is 16.6. The van der Waals surface area contributed by atoms with Gasteiger partial charge in [-0.05, 0) is 38.6 Å². The molecule has 0 saturated heterocycles. The van der Waals surface area contributed by atoms with Gasteiger partial charge < -0.3 is 10.6 Å². The van der Waals surface area contributed by atoms with E-state index < -0.39 is 0 Å². The van der Waals surface area contributed by atoms with Crippen molar-refractivity contribution in [1.82, 2.24) is 25.4 Å². The van der Waals surface area contributed by atoms with Crippen LogP contribution >= 0.6 is 11.6 Å². The van der Waals surface area contributed by atoms with Crippen LogP contribution in [-0.4, -0.2) is 40.8 Å². The van der Waals surface area contributed by atoms with Crippen LogP contribution in [-0.2, 0) is 6.42 Å². The number of carbonyl (C=O) groups excluding carboxylic acids is 1. The zero-order valence-corrected chi connectivity index (χ0v) is 14.2. The first-order valence-electron chi connectivity index (χ1n) is 7.81. The molecule has 0 aliphatic carbocycles. The normalized spacial score (nSPS) is 10.7. The van der Waals surface area contributed by atoms with Crippen molar-refractivity contribution in [1.29, 1.82) is 0 Å². The number of aromatic nitrogens is 3. The molecule has 2 aromatic rings. The molecule has 0 bridgehead atoms. The van der Waals surface area contributed by atoms with Gasteiger partial charge in [0.1, 0.15) is 5.82 Å². The van der Waals surface area contributed by atoms with E-state index in [1.807, 2.05) is 25.2 Å². The third-order valence-electron chi connectivity index (χ3n) is 3.32. The van der Waals surface area contributed by atoms with Gasteiger partial charge in [0.25, 0.3) is 5.91 Å². The quantitative estimate of drug-likeness (QED) is 0.725. The molecule has 0 spiro atoms. The van der Waals surface area contributed by atoms with Gasteiger partial charge in [-0.3, -0.25) is 4.79 Å². The lowest BCUT2D eigenvalue weighted by Crippen LogP contribution is -2.27. The maximum atomic E-state index is 12.2. The van der Waals surface area contributed by atoms with E-state index in [2.05, 4.69) is 27.6 Å². The number of aryl methyl sites for hydroxylation is 1. The molecular weight excluding hydrogens is 314 g/mol. The molecule has 0 aliphatic rings. The zero-order valence-electron chi connectivity index (χ0n) is 13.5. The number of para-hydroxylation sites is 1. The summed E-state index contributed by atoms with van der Waals surface area (Å²) in [5.41, 5.74) is 0.736. The Hall–Kier alpha value is -1.92. The Morgan fingerprint density at radius 1 is 1.30 bits per heavy atom. The minimum Gasteiger partial charge on any atom is -0.349 e. The fraction of sp³-hybridized carbons (Fsp3) is 0.438. The summed E-state index contributed by atoms with van der Waals surface area (Å²) in [6, 6.07) is 7.41. The van der Waals surface area contributed by atoms with Crippen LogP contribution in [0.1, 0.15) is 36.2 Å². The van der Waals surface area contributed by atoms with E-state index in [4.69, 9.17) is 11.6 Å². The van der Waals surface area contributed by atoms with E-state index in [0.29, 0.717) is 11.6 Å². The van der Waals surface area contributed by atoms with Gasteiger partial charge in [0.05, 0.1) is 10.7 Å². The molecule has 0 atom stereocenters. The zero-order chi connectivity index (χ0) is 16.7. The number of hydrogen-bond donors (Lipinski definition) is 2. The van der Waals surface area contributed by atoms with Gasteiger partial charge in [-0.25, -0.2) is 9.67 Å². The summed E-state index contributed by atoms with van der Waals surface area (Å²) in [6.07, 6.45) is 2.49. The molecule has 1 heterocycles. The van der Waals surface area contributed by atoms with E-state index in [1.54, 1.807) is 10.7 Å². The van der Waals surface area contributed by atoms with Crippen LogP contribution in [0.3, 0.4) is 0 Å². The molecule has 1 amide bonds. The van der Waals surface area contributed by atoms with Crippen molar-refractivity contribution in [2.45, 2.75) is 26.2 Å². The van der Waals surface area contributed by atoms with Gasteiger partial charge in [0.15, 0.2) is 0 Å². The van der Waals surface area contributed by atoms with E-state index in [-0.39, 0.29) is 11.7 Å². The molecule has 0 fully saturated rings. The van der Waals surface area contributed by atoms with E-state index in [9.17, 15) is 4.79 Å². The second-order valence-corrected chi connectivity index (χ2v) is 5.59. The smallest absolute Gasteiger partial charge is 0.290 e. The Kier molecular flexibility index (Phi) is 6.55. The molecule has 6 nitrogen and oxygen atoms in total. The van der Waals surface area contributed by atoms with Crippen molar-refractivity contribution in [3.05, 3.63) is 40.9 Å². The fourth-order valence-corrected chi connectivity index (χ4v) is 2.40. The largest absolute Gasteiger partial charge is 0.349 e. The summed E-state index contributed by atoms with van der Waals surface area (Å²) in [5.74, 6) is 0.656. The Labute approximate surface area is 141 Å². The highest BCUT2D eigenvalue weighted by atomic mass is 35.5. The molecule has 2 rings (SSSR count). The highest BCUT2D eigenvalue weighted by Crippen LogP contribution is 2.21. The summed E-state index contributed by atoms with van der Waals surface area (Å²) in [6.45, 7) is 3.50. The number of benzene rings is 1. The van der Waals surface area contributed by atoms with Crippen molar-refractivity contribution in [3.63, 3.8) is 0 Å². The van der Waals surface area contributed by atoms with Crippen molar-refractivity contribution in [3.8, 4) is 5.69 Å². The molecule has 1 aromatic carbocycles. The van der Waals surface area contributed by atoms with Crippen LogP contribution in [0.5, 0.6) is 0 Å². The number of nitrogens with zero attached hydrogens (tertiary/aromatic N) is 3. The van der Waals surface area contributed by atoms with E-state index >= 15 is 0 Å². The van der Waals surface area contributed by atoms with Gasteiger partial charge in [-0.1, -0.05) is 30.7 Å². The Bertz CT molecular complexity index is 656. The lowest BCUT2D eigenvalue weighted by Gasteiger charge is -2.06. The van der Waals surface area contributed by atoms with E-state index in [1.165, 1.54) is 0 Å². The number of rotatable bonds is 8. The first kappa shape index (κ1) is 17.4. The minimum atomic E-state index is -0.260. The van der Waals surface area contributed by atoms with Crippen LogP contribution < -0.4 is 10.6 Å². The molecule has 0 unspecified atom stereocenters. The Morgan fingerprint density at radius 3 is 2.78 bits per heavy atom. The predicted molar refractivity (Wildman–Crippen MR) is 91.2 cm³/mol. The third-order valence-corrected chi connectivity index (χ3v) is 3.64. The fourth-order valence-electron chi connectivity index (χ4n) is 2.19. The lowest BCUT2D eigenvalue weighted by molar-refractivity contribution is 0.0943. The third kappa shape index (κ3) is 4.53. The molecule has 7 heteroatoms. The number of nitrogens with one attached hydrogen (secondary N) is 2. The van der Waals surface area contributed by atoms with Gasteiger partial charge in [0.2, 0.25) is 5.82 Å². The van der Waals surface area contributed by atoms with Crippen LogP contribution in [0.4, 0.5) is 0 Å². The topological polar surface area (TPSA) is 71.8 Å². The SMILES string of the molecule is CCCc1nc(C(=O)NCCCNC)nn1-c1ccccc1Cl. The van der Waals surface area contributed by atoms with Gasteiger partial charge in [-0.2, -0.15) is 0 Å². The van der Waals surface area contributed by atoms with Crippen molar-refractivity contribution >= 4 is 17.5 Å². The second kappa shape index (κ2) is 8.64. The Balaban J connectivity index is 2.21. The van der Waals surface area contributed by atoms with Gasteiger partial charge in [-0.15, -0.1) is 5.10 Å². The number of halogens is 1. The van der Waals surface area contributed by atoms with Crippen LogP contribution in [0.25, 0.3) is 5.69 Å².